The first-order chi connectivity index (χ1) is 9.74. The predicted octanol–water partition coefficient (Wildman–Crippen LogP) is 3.10. The number of hydrogen-bond acceptors (Lipinski definition) is 3. The fraction of sp³-hybridized carbons (Fsp3) is 0.125. The Labute approximate surface area is 116 Å². The maximum Gasteiger partial charge on any atom is 0.260 e. The number of hydrogen-bond donors (Lipinski definition) is 2. The van der Waals surface area contributed by atoms with E-state index in [1.165, 1.54) is 0 Å². The summed E-state index contributed by atoms with van der Waals surface area (Å²) in [6, 6.07) is 17.4. The summed E-state index contributed by atoms with van der Waals surface area (Å²) in [6.07, 6.45) is 0. The van der Waals surface area contributed by atoms with Crippen molar-refractivity contribution in [2.45, 2.75) is 13.0 Å². The SMILES string of the molecule is CC(Nc1nc2ccccc2c(=O)[nH]1)c1ccccc1. The minimum Gasteiger partial charge on any atom is -0.349 e. The molecule has 3 aromatic rings. The van der Waals surface area contributed by atoms with Gasteiger partial charge in [0, 0.05) is 0 Å². The minimum absolute atomic E-state index is 0.0699. The largest absolute Gasteiger partial charge is 0.349 e. The standard InChI is InChI=1S/C16H15N3O/c1-11(12-7-3-2-4-8-12)17-16-18-14-10-6-5-9-13(14)15(20)19-16/h2-11H,1H3,(H2,17,18,19,20). The first-order valence-corrected chi connectivity index (χ1v) is 6.54. The lowest BCUT2D eigenvalue weighted by Crippen LogP contribution is -2.15. The molecule has 100 valence electrons. The Morgan fingerprint density at radius 2 is 1.75 bits per heavy atom. The van der Waals surface area contributed by atoms with Crippen LogP contribution in [0.25, 0.3) is 10.9 Å². The quantitative estimate of drug-likeness (QED) is 0.765. The third-order valence-electron chi connectivity index (χ3n) is 3.27. The molecule has 1 atom stereocenters. The number of fused-ring (bicyclic) bond motifs is 1. The molecule has 4 nitrogen and oxygen atoms in total. The van der Waals surface area contributed by atoms with Crippen molar-refractivity contribution in [3.63, 3.8) is 0 Å². The number of anilines is 1. The first-order valence-electron chi connectivity index (χ1n) is 6.54. The smallest absolute Gasteiger partial charge is 0.260 e. The molecule has 0 bridgehead atoms. The molecular formula is C16H15N3O. The van der Waals surface area contributed by atoms with Gasteiger partial charge in [0.2, 0.25) is 5.95 Å². The highest BCUT2D eigenvalue weighted by molar-refractivity contribution is 5.78. The zero-order chi connectivity index (χ0) is 13.9. The van der Waals surface area contributed by atoms with Crippen molar-refractivity contribution in [1.82, 2.24) is 9.97 Å². The molecule has 0 radical (unpaired) electrons. The molecule has 3 rings (SSSR count). The molecule has 0 saturated heterocycles. The van der Waals surface area contributed by atoms with Crippen LogP contribution < -0.4 is 10.9 Å². The molecule has 1 unspecified atom stereocenters. The normalized spacial score (nSPS) is 12.2. The van der Waals surface area contributed by atoms with Crippen molar-refractivity contribution in [2.75, 3.05) is 5.32 Å². The number of para-hydroxylation sites is 1. The van der Waals surface area contributed by atoms with Gasteiger partial charge in [0.25, 0.3) is 5.56 Å². The van der Waals surface area contributed by atoms with Gasteiger partial charge < -0.3 is 5.32 Å². The summed E-state index contributed by atoms with van der Waals surface area (Å²) in [5, 5.41) is 3.83. The summed E-state index contributed by atoms with van der Waals surface area (Å²) in [5.74, 6) is 0.491. The van der Waals surface area contributed by atoms with Gasteiger partial charge in [-0.3, -0.25) is 9.78 Å². The average molecular weight is 265 g/mol. The third kappa shape index (κ3) is 2.40. The number of aromatic nitrogens is 2. The molecule has 0 aliphatic heterocycles. The third-order valence-corrected chi connectivity index (χ3v) is 3.27. The van der Waals surface area contributed by atoms with Crippen LogP contribution in [0, 0.1) is 0 Å². The van der Waals surface area contributed by atoms with Crippen molar-refractivity contribution in [3.8, 4) is 0 Å². The molecule has 2 aromatic carbocycles. The van der Waals surface area contributed by atoms with E-state index in [-0.39, 0.29) is 11.6 Å². The van der Waals surface area contributed by atoms with E-state index in [2.05, 4.69) is 15.3 Å². The highest BCUT2D eigenvalue weighted by Crippen LogP contribution is 2.16. The average Bonchev–Trinajstić information content (AvgIpc) is 2.48. The monoisotopic (exact) mass is 265 g/mol. The summed E-state index contributed by atoms with van der Waals surface area (Å²) >= 11 is 0. The fourth-order valence-electron chi connectivity index (χ4n) is 2.18. The first kappa shape index (κ1) is 12.4. The number of nitrogens with one attached hydrogen (secondary N) is 2. The van der Waals surface area contributed by atoms with Crippen LogP contribution in [0.5, 0.6) is 0 Å². The van der Waals surface area contributed by atoms with Crippen LogP contribution in [0.4, 0.5) is 5.95 Å². The highest BCUT2D eigenvalue weighted by Gasteiger charge is 2.07. The molecule has 1 aromatic heterocycles. The maximum atomic E-state index is 12.0. The Morgan fingerprint density at radius 1 is 1.05 bits per heavy atom. The Kier molecular flexibility index (Phi) is 3.21. The van der Waals surface area contributed by atoms with Crippen LogP contribution >= 0.6 is 0 Å². The van der Waals surface area contributed by atoms with Gasteiger partial charge in [0.15, 0.2) is 0 Å². The molecule has 1 heterocycles. The van der Waals surface area contributed by atoms with Crippen LogP contribution in [-0.2, 0) is 0 Å². The molecule has 0 aliphatic rings. The van der Waals surface area contributed by atoms with E-state index < -0.39 is 0 Å². The van der Waals surface area contributed by atoms with Gasteiger partial charge >= 0.3 is 0 Å². The molecule has 20 heavy (non-hydrogen) atoms. The van der Waals surface area contributed by atoms with E-state index in [9.17, 15) is 4.79 Å². The zero-order valence-corrected chi connectivity index (χ0v) is 11.1. The Balaban J connectivity index is 1.93. The van der Waals surface area contributed by atoms with Crippen molar-refractivity contribution < 1.29 is 0 Å². The second-order valence-electron chi connectivity index (χ2n) is 4.71. The van der Waals surface area contributed by atoms with Gasteiger partial charge in [0.1, 0.15) is 0 Å². The van der Waals surface area contributed by atoms with Gasteiger partial charge in [-0.1, -0.05) is 42.5 Å². The summed E-state index contributed by atoms with van der Waals surface area (Å²) in [7, 11) is 0. The minimum atomic E-state index is -0.127. The number of rotatable bonds is 3. The zero-order valence-electron chi connectivity index (χ0n) is 11.1. The maximum absolute atomic E-state index is 12.0. The van der Waals surface area contributed by atoms with Crippen LogP contribution in [0.15, 0.2) is 59.4 Å². The van der Waals surface area contributed by atoms with Crippen LogP contribution in [-0.4, -0.2) is 9.97 Å². The van der Waals surface area contributed by atoms with Gasteiger partial charge in [0.05, 0.1) is 16.9 Å². The number of aromatic amines is 1. The van der Waals surface area contributed by atoms with Crippen LogP contribution in [0.1, 0.15) is 18.5 Å². The number of nitrogens with zero attached hydrogens (tertiary/aromatic N) is 1. The molecule has 0 spiro atoms. The Bertz CT molecular complexity index is 780. The topological polar surface area (TPSA) is 57.8 Å². The van der Waals surface area contributed by atoms with Crippen molar-refractivity contribution >= 4 is 16.9 Å². The van der Waals surface area contributed by atoms with E-state index in [0.717, 1.165) is 5.56 Å². The summed E-state index contributed by atoms with van der Waals surface area (Å²) in [6.45, 7) is 2.03. The van der Waals surface area contributed by atoms with Crippen LogP contribution in [0.2, 0.25) is 0 Å². The Hall–Kier alpha value is -2.62. The molecule has 2 N–H and O–H groups in total. The lowest BCUT2D eigenvalue weighted by molar-refractivity contribution is 0.861. The van der Waals surface area contributed by atoms with E-state index >= 15 is 0 Å². The predicted molar refractivity (Wildman–Crippen MR) is 80.8 cm³/mol. The number of benzene rings is 2. The second kappa shape index (κ2) is 5.17. The summed E-state index contributed by atoms with van der Waals surface area (Å²) in [5.41, 5.74) is 1.71. The van der Waals surface area contributed by atoms with Crippen molar-refractivity contribution in [1.29, 1.82) is 0 Å². The summed E-state index contributed by atoms with van der Waals surface area (Å²) in [4.78, 5) is 19.2. The Morgan fingerprint density at radius 3 is 2.55 bits per heavy atom. The van der Waals surface area contributed by atoms with E-state index in [4.69, 9.17) is 0 Å². The van der Waals surface area contributed by atoms with E-state index in [0.29, 0.717) is 16.9 Å². The van der Waals surface area contributed by atoms with Gasteiger partial charge in [-0.25, -0.2) is 4.98 Å². The molecule has 4 heteroatoms. The number of H-pyrrole nitrogens is 1. The van der Waals surface area contributed by atoms with Gasteiger partial charge in [-0.05, 0) is 24.6 Å². The van der Waals surface area contributed by atoms with Gasteiger partial charge in [-0.2, -0.15) is 0 Å². The second-order valence-corrected chi connectivity index (χ2v) is 4.71. The summed E-state index contributed by atoms with van der Waals surface area (Å²) < 4.78 is 0. The molecule has 0 amide bonds. The van der Waals surface area contributed by atoms with E-state index in [1.807, 2.05) is 55.5 Å². The van der Waals surface area contributed by atoms with Crippen molar-refractivity contribution in [2.24, 2.45) is 0 Å². The van der Waals surface area contributed by atoms with E-state index in [1.54, 1.807) is 6.07 Å². The molecule has 0 fully saturated rings. The lowest BCUT2D eigenvalue weighted by atomic mass is 10.1. The molecular weight excluding hydrogens is 250 g/mol. The van der Waals surface area contributed by atoms with Crippen molar-refractivity contribution in [3.05, 3.63) is 70.5 Å². The molecule has 0 aliphatic carbocycles. The lowest BCUT2D eigenvalue weighted by Gasteiger charge is -2.14. The molecule has 0 saturated carbocycles. The fourth-order valence-corrected chi connectivity index (χ4v) is 2.18. The van der Waals surface area contributed by atoms with Gasteiger partial charge in [-0.15, -0.1) is 0 Å². The highest BCUT2D eigenvalue weighted by atomic mass is 16.1. The van der Waals surface area contributed by atoms with Crippen LogP contribution in [0.3, 0.4) is 0 Å².